The average molecular weight is 247 g/mol. The summed E-state index contributed by atoms with van der Waals surface area (Å²) in [6, 6.07) is 2.47. The molecule has 0 aliphatic heterocycles. The number of ether oxygens (including phenoxy) is 3. The largest absolute Gasteiger partial charge is 0.493 e. The molecule has 0 saturated heterocycles. The van der Waals surface area contributed by atoms with E-state index in [0.29, 0.717) is 5.75 Å². The molecule has 0 fully saturated rings. The zero-order chi connectivity index (χ0) is 13.0. The highest BCUT2D eigenvalue weighted by Gasteiger charge is 2.19. The number of hydrogen-bond acceptors (Lipinski definition) is 5. The lowest BCUT2D eigenvalue weighted by Crippen LogP contribution is -2.12. The van der Waals surface area contributed by atoms with Crippen LogP contribution in [0.25, 0.3) is 0 Å². The van der Waals surface area contributed by atoms with E-state index in [9.17, 15) is 13.6 Å². The van der Waals surface area contributed by atoms with Gasteiger partial charge in [0.1, 0.15) is 0 Å². The van der Waals surface area contributed by atoms with Gasteiger partial charge in [0.25, 0.3) is 0 Å². The minimum atomic E-state index is -3.20. The van der Waals surface area contributed by atoms with E-state index in [1.807, 2.05) is 0 Å². The van der Waals surface area contributed by atoms with E-state index in [0.717, 1.165) is 0 Å². The Morgan fingerprint density at radius 3 is 2.24 bits per heavy atom. The van der Waals surface area contributed by atoms with Gasteiger partial charge in [0.05, 0.1) is 25.5 Å². The maximum absolute atomic E-state index is 11.9. The second-order valence-electron chi connectivity index (χ2n) is 2.96. The molecule has 0 atom stereocenters. The van der Waals surface area contributed by atoms with Gasteiger partial charge < -0.3 is 19.9 Å². The number of hydrogen-bond donors (Lipinski definition) is 1. The van der Waals surface area contributed by atoms with E-state index in [4.69, 9.17) is 15.2 Å². The Morgan fingerprint density at radius 2 is 1.76 bits per heavy atom. The Bertz CT molecular complexity index is 423. The molecule has 0 spiro atoms. The number of esters is 1. The van der Waals surface area contributed by atoms with E-state index >= 15 is 0 Å². The molecule has 0 aliphatic rings. The lowest BCUT2D eigenvalue weighted by Gasteiger charge is -2.11. The number of nitrogens with two attached hydrogens (primary N) is 1. The van der Waals surface area contributed by atoms with Crippen LogP contribution in [0.4, 0.5) is 14.5 Å². The summed E-state index contributed by atoms with van der Waals surface area (Å²) in [4.78, 5) is 11.3. The highest BCUT2D eigenvalue weighted by molar-refractivity contribution is 5.96. The molecule has 0 heterocycles. The van der Waals surface area contributed by atoms with Crippen molar-refractivity contribution < 1.29 is 27.8 Å². The second kappa shape index (κ2) is 5.33. The first-order valence-electron chi connectivity index (χ1n) is 4.50. The number of rotatable bonds is 4. The topological polar surface area (TPSA) is 70.8 Å². The maximum Gasteiger partial charge on any atom is 0.389 e. The van der Waals surface area contributed by atoms with Crippen LogP contribution in [0, 0.1) is 0 Å². The quantitative estimate of drug-likeness (QED) is 0.647. The number of carbonyl (C=O) groups excluding carboxylic acids is 1. The van der Waals surface area contributed by atoms with Crippen LogP contribution in [0.1, 0.15) is 10.4 Å². The van der Waals surface area contributed by atoms with Crippen molar-refractivity contribution in [2.45, 2.75) is 6.61 Å². The van der Waals surface area contributed by atoms with E-state index in [2.05, 4.69) is 4.74 Å². The van der Waals surface area contributed by atoms with E-state index < -0.39 is 12.6 Å². The van der Waals surface area contributed by atoms with Gasteiger partial charge in [0.2, 0.25) is 0 Å². The lowest BCUT2D eigenvalue weighted by atomic mass is 10.1. The molecular formula is C10H11F2NO4. The fourth-order valence-corrected chi connectivity index (χ4v) is 1.22. The van der Waals surface area contributed by atoms with Crippen LogP contribution < -0.4 is 15.2 Å². The summed E-state index contributed by atoms with van der Waals surface area (Å²) in [5, 5.41) is 0. The fraction of sp³-hybridized carbons (Fsp3) is 0.300. The van der Waals surface area contributed by atoms with Crippen molar-refractivity contribution in [1.29, 1.82) is 0 Å². The van der Waals surface area contributed by atoms with Gasteiger partial charge in [-0.2, -0.15) is 8.78 Å². The van der Waals surface area contributed by atoms with Crippen LogP contribution in [-0.4, -0.2) is 26.8 Å². The van der Waals surface area contributed by atoms with Gasteiger partial charge in [0, 0.05) is 12.1 Å². The first-order chi connectivity index (χ1) is 7.99. The third-order valence-corrected chi connectivity index (χ3v) is 1.97. The van der Waals surface area contributed by atoms with Crippen molar-refractivity contribution in [1.82, 2.24) is 0 Å². The Kier molecular flexibility index (Phi) is 4.08. The van der Waals surface area contributed by atoms with E-state index in [1.165, 1.54) is 26.4 Å². The Balaban J connectivity index is 3.12. The predicted molar refractivity (Wildman–Crippen MR) is 55.4 cm³/mol. The van der Waals surface area contributed by atoms with Crippen molar-refractivity contribution in [3.8, 4) is 11.5 Å². The van der Waals surface area contributed by atoms with Gasteiger partial charge in [-0.1, -0.05) is 0 Å². The number of benzene rings is 1. The molecule has 1 aromatic rings. The molecule has 0 amide bonds. The monoisotopic (exact) mass is 247 g/mol. The minimum absolute atomic E-state index is 0.0340. The third-order valence-electron chi connectivity index (χ3n) is 1.97. The molecule has 0 aromatic heterocycles. The highest BCUT2D eigenvalue weighted by Crippen LogP contribution is 2.32. The molecule has 0 saturated carbocycles. The first kappa shape index (κ1) is 13.0. The molecule has 0 aliphatic carbocycles. The van der Waals surface area contributed by atoms with Crippen LogP contribution >= 0.6 is 0 Å². The van der Waals surface area contributed by atoms with Crippen molar-refractivity contribution in [3.63, 3.8) is 0 Å². The number of methoxy groups -OCH3 is 2. The van der Waals surface area contributed by atoms with Crippen molar-refractivity contribution in [3.05, 3.63) is 17.7 Å². The number of nitrogen functional groups attached to an aromatic ring is 1. The Labute approximate surface area is 96.1 Å². The first-order valence-corrected chi connectivity index (χ1v) is 4.50. The second-order valence-corrected chi connectivity index (χ2v) is 2.96. The predicted octanol–water partition coefficient (Wildman–Crippen LogP) is 1.67. The molecule has 0 bridgehead atoms. The molecule has 17 heavy (non-hydrogen) atoms. The van der Waals surface area contributed by atoms with Crippen LogP contribution in [0.5, 0.6) is 11.5 Å². The number of halogens is 2. The van der Waals surface area contributed by atoms with E-state index in [-0.39, 0.29) is 17.0 Å². The van der Waals surface area contributed by atoms with Crippen molar-refractivity contribution in [2.75, 3.05) is 20.0 Å². The molecule has 7 heteroatoms. The number of anilines is 1. The van der Waals surface area contributed by atoms with E-state index in [1.54, 1.807) is 0 Å². The SMILES string of the molecule is COc1cc(N)c(C(=O)OC(F)F)cc1OC. The summed E-state index contributed by atoms with van der Waals surface area (Å²) < 4.78 is 37.4. The summed E-state index contributed by atoms with van der Waals surface area (Å²) in [5.41, 5.74) is 5.28. The maximum atomic E-state index is 11.9. The third kappa shape index (κ3) is 2.96. The van der Waals surface area contributed by atoms with Crippen LogP contribution in [0.2, 0.25) is 0 Å². The molecule has 0 radical (unpaired) electrons. The molecule has 1 aromatic carbocycles. The molecule has 0 unspecified atom stereocenters. The lowest BCUT2D eigenvalue weighted by molar-refractivity contribution is -0.0905. The fourth-order valence-electron chi connectivity index (χ4n) is 1.22. The van der Waals surface area contributed by atoms with Gasteiger partial charge in [-0.15, -0.1) is 0 Å². The van der Waals surface area contributed by atoms with Gasteiger partial charge in [0.15, 0.2) is 11.5 Å². The summed E-state index contributed by atoms with van der Waals surface area (Å²) in [6.07, 6.45) is 0. The smallest absolute Gasteiger partial charge is 0.389 e. The molecule has 2 N–H and O–H groups in total. The standard InChI is InChI=1S/C10H11F2NO4/c1-15-7-3-5(9(14)17-10(11)12)6(13)4-8(7)16-2/h3-4,10H,13H2,1-2H3. The van der Waals surface area contributed by atoms with Crippen molar-refractivity contribution >= 4 is 11.7 Å². The van der Waals surface area contributed by atoms with Crippen LogP contribution in [-0.2, 0) is 4.74 Å². The molecule has 5 nitrogen and oxygen atoms in total. The number of carbonyl (C=O) groups is 1. The van der Waals surface area contributed by atoms with Crippen molar-refractivity contribution in [2.24, 2.45) is 0 Å². The van der Waals surface area contributed by atoms with Crippen LogP contribution in [0.3, 0.4) is 0 Å². The normalized spacial score (nSPS) is 10.2. The Hall–Kier alpha value is -2.05. The summed E-state index contributed by atoms with van der Waals surface area (Å²) >= 11 is 0. The zero-order valence-electron chi connectivity index (χ0n) is 9.20. The number of alkyl halides is 2. The molecular weight excluding hydrogens is 236 g/mol. The summed E-state index contributed by atoms with van der Waals surface area (Å²) in [7, 11) is 2.73. The zero-order valence-corrected chi connectivity index (χ0v) is 9.20. The van der Waals surface area contributed by atoms with Gasteiger partial charge in [-0.3, -0.25) is 0 Å². The van der Waals surface area contributed by atoms with Crippen LogP contribution in [0.15, 0.2) is 12.1 Å². The highest BCUT2D eigenvalue weighted by atomic mass is 19.3. The average Bonchev–Trinajstić information content (AvgIpc) is 2.27. The van der Waals surface area contributed by atoms with Gasteiger partial charge in [-0.05, 0) is 0 Å². The van der Waals surface area contributed by atoms with Gasteiger partial charge in [-0.25, -0.2) is 4.79 Å². The summed E-state index contributed by atoms with van der Waals surface area (Å²) in [5.74, 6) is -0.736. The molecule has 94 valence electrons. The Morgan fingerprint density at radius 1 is 1.24 bits per heavy atom. The minimum Gasteiger partial charge on any atom is -0.493 e. The summed E-state index contributed by atoms with van der Waals surface area (Å²) in [6.45, 7) is -3.20. The molecule has 1 rings (SSSR count). The van der Waals surface area contributed by atoms with Gasteiger partial charge >= 0.3 is 12.6 Å².